The Labute approximate surface area is 126 Å². The number of nitrogens with zero attached hydrogens (tertiary/aromatic N) is 2. The summed E-state index contributed by atoms with van der Waals surface area (Å²) >= 11 is 0. The molecule has 1 aromatic rings. The molecule has 1 fully saturated rings. The van der Waals surface area contributed by atoms with Gasteiger partial charge >= 0.3 is 0 Å². The third kappa shape index (κ3) is 3.63. The quantitative estimate of drug-likeness (QED) is 0.855. The van der Waals surface area contributed by atoms with Gasteiger partial charge in [-0.15, -0.1) is 0 Å². The molecule has 21 heavy (non-hydrogen) atoms. The summed E-state index contributed by atoms with van der Waals surface area (Å²) < 4.78 is 0. The van der Waals surface area contributed by atoms with Gasteiger partial charge in [0, 0.05) is 37.7 Å². The lowest BCUT2D eigenvalue weighted by molar-refractivity contribution is -0.131. The van der Waals surface area contributed by atoms with Gasteiger partial charge in [0.05, 0.1) is 0 Å². The molecule has 2 rings (SSSR count). The number of piperidine rings is 1. The van der Waals surface area contributed by atoms with Crippen molar-refractivity contribution in [1.29, 1.82) is 0 Å². The zero-order valence-corrected chi connectivity index (χ0v) is 12.9. The minimum absolute atomic E-state index is 0.154. The molecule has 4 heteroatoms. The molecule has 0 unspecified atom stereocenters. The van der Waals surface area contributed by atoms with E-state index in [0.29, 0.717) is 12.8 Å². The smallest absolute Gasteiger partial charge is 0.226 e. The van der Waals surface area contributed by atoms with Crippen LogP contribution in [0, 0.1) is 0 Å². The largest absolute Gasteiger partial charge is 0.343 e. The summed E-state index contributed by atoms with van der Waals surface area (Å²) in [5.41, 5.74) is 0.963. The van der Waals surface area contributed by atoms with Crippen molar-refractivity contribution in [1.82, 2.24) is 4.90 Å². The number of anilines is 1. The maximum Gasteiger partial charge on any atom is 0.226 e. The van der Waals surface area contributed by atoms with Gasteiger partial charge in [-0.1, -0.05) is 32.0 Å². The number of likely N-dealkylation sites (tertiary alicyclic amines) is 1. The van der Waals surface area contributed by atoms with Crippen molar-refractivity contribution in [3.63, 3.8) is 0 Å². The van der Waals surface area contributed by atoms with Crippen LogP contribution in [0.2, 0.25) is 0 Å². The second kappa shape index (κ2) is 7.25. The molecule has 0 aliphatic carbocycles. The maximum atomic E-state index is 12.3. The molecular weight excluding hydrogens is 264 g/mol. The van der Waals surface area contributed by atoms with Gasteiger partial charge in [-0.3, -0.25) is 9.59 Å². The lowest BCUT2D eigenvalue weighted by atomic mass is 10.0. The van der Waals surface area contributed by atoms with Gasteiger partial charge in [0.2, 0.25) is 11.8 Å². The molecule has 1 saturated heterocycles. The molecule has 1 heterocycles. The molecule has 0 aromatic heterocycles. The summed E-state index contributed by atoms with van der Waals surface area (Å²) in [6.45, 7) is 5.29. The van der Waals surface area contributed by atoms with Crippen LogP contribution in [0.1, 0.15) is 39.5 Å². The van der Waals surface area contributed by atoms with Crippen LogP contribution >= 0.6 is 0 Å². The van der Waals surface area contributed by atoms with Crippen LogP contribution in [0.15, 0.2) is 30.3 Å². The summed E-state index contributed by atoms with van der Waals surface area (Å²) in [5, 5.41) is 0. The molecular formula is C17H24N2O2. The number of hydrogen-bond donors (Lipinski definition) is 0. The van der Waals surface area contributed by atoms with E-state index in [0.717, 1.165) is 31.6 Å². The highest BCUT2D eigenvalue weighted by Crippen LogP contribution is 2.24. The lowest BCUT2D eigenvalue weighted by Gasteiger charge is -2.38. The van der Waals surface area contributed by atoms with Crippen molar-refractivity contribution >= 4 is 17.5 Å². The lowest BCUT2D eigenvalue weighted by Crippen LogP contribution is -2.48. The number of amides is 2. The molecule has 1 aliphatic heterocycles. The standard InChI is InChI=1S/C17H24N2O2/c1-3-16(20)18-12-10-15(11-13-18)19(17(21)4-2)14-8-6-5-7-9-14/h5-9,15H,3-4,10-13H2,1-2H3. The molecule has 114 valence electrons. The summed E-state index contributed by atoms with van der Waals surface area (Å²) in [4.78, 5) is 27.9. The summed E-state index contributed by atoms with van der Waals surface area (Å²) in [5.74, 6) is 0.364. The van der Waals surface area contributed by atoms with Crippen LogP contribution in [-0.2, 0) is 9.59 Å². The fourth-order valence-electron chi connectivity index (χ4n) is 2.91. The Morgan fingerprint density at radius 3 is 2.24 bits per heavy atom. The van der Waals surface area contributed by atoms with E-state index < -0.39 is 0 Å². The molecule has 0 atom stereocenters. The molecule has 1 aromatic carbocycles. The number of para-hydroxylation sites is 1. The Kier molecular flexibility index (Phi) is 5.37. The van der Waals surface area contributed by atoms with Crippen molar-refractivity contribution < 1.29 is 9.59 Å². The molecule has 0 saturated carbocycles. The first-order valence-corrected chi connectivity index (χ1v) is 7.82. The van der Waals surface area contributed by atoms with Crippen LogP contribution in [0.4, 0.5) is 5.69 Å². The maximum absolute atomic E-state index is 12.3. The average Bonchev–Trinajstić information content (AvgIpc) is 2.55. The van der Waals surface area contributed by atoms with Crippen molar-refractivity contribution in [3.8, 4) is 0 Å². The van der Waals surface area contributed by atoms with E-state index in [4.69, 9.17) is 0 Å². The van der Waals surface area contributed by atoms with Gasteiger partial charge in [-0.25, -0.2) is 0 Å². The van der Waals surface area contributed by atoms with Gasteiger partial charge in [0.15, 0.2) is 0 Å². The van der Waals surface area contributed by atoms with Gasteiger partial charge in [0.25, 0.3) is 0 Å². The monoisotopic (exact) mass is 288 g/mol. The van der Waals surface area contributed by atoms with Crippen molar-refractivity contribution in [2.45, 2.75) is 45.6 Å². The first kappa shape index (κ1) is 15.5. The van der Waals surface area contributed by atoms with E-state index >= 15 is 0 Å². The van der Waals surface area contributed by atoms with E-state index in [1.165, 1.54) is 0 Å². The highest BCUT2D eigenvalue weighted by molar-refractivity contribution is 5.93. The SMILES string of the molecule is CCC(=O)N1CCC(N(C(=O)CC)c2ccccc2)CC1. The highest BCUT2D eigenvalue weighted by atomic mass is 16.2. The molecule has 0 N–H and O–H groups in total. The summed E-state index contributed by atoms with van der Waals surface area (Å²) in [6.07, 6.45) is 2.77. The topological polar surface area (TPSA) is 40.6 Å². The molecule has 4 nitrogen and oxygen atoms in total. The Bertz CT molecular complexity index is 479. The Morgan fingerprint density at radius 2 is 1.71 bits per heavy atom. The van der Waals surface area contributed by atoms with Crippen LogP contribution in [0.25, 0.3) is 0 Å². The van der Waals surface area contributed by atoms with Crippen LogP contribution < -0.4 is 4.90 Å². The number of hydrogen-bond acceptors (Lipinski definition) is 2. The Morgan fingerprint density at radius 1 is 1.10 bits per heavy atom. The summed E-state index contributed by atoms with van der Waals surface area (Å²) in [6, 6.07) is 10.0. The van der Waals surface area contributed by atoms with Crippen molar-refractivity contribution in [2.24, 2.45) is 0 Å². The van der Waals surface area contributed by atoms with E-state index in [9.17, 15) is 9.59 Å². The van der Waals surface area contributed by atoms with Crippen LogP contribution in [-0.4, -0.2) is 35.8 Å². The van der Waals surface area contributed by atoms with E-state index in [1.54, 1.807) is 0 Å². The average molecular weight is 288 g/mol. The van der Waals surface area contributed by atoms with Gasteiger partial charge < -0.3 is 9.80 Å². The van der Waals surface area contributed by atoms with Gasteiger partial charge in [0.1, 0.15) is 0 Å². The third-order valence-corrected chi connectivity index (χ3v) is 4.09. The van der Waals surface area contributed by atoms with E-state index in [2.05, 4.69) is 0 Å². The van der Waals surface area contributed by atoms with Gasteiger partial charge in [-0.2, -0.15) is 0 Å². The minimum atomic E-state index is 0.154. The molecule has 1 aliphatic rings. The zero-order valence-electron chi connectivity index (χ0n) is 12.9. The molecule has 0 radical (unpaired) electrons. The normalized spacial score (nSPS) is 15.8. The van der Waals surface area contributed by atoms with Gasteiger partial charge in [-0.05, 0) is 25.0 Å². The number of carbonyl (C=O) groups excluding carboxylic acids is 2. The molecule has 0 spiro atoms. The first-order chi connectivity index (χ1) is 10.2. The van der Waals surface area contributed by atoms with E-state index in [1.807, 2.05) is 54.0 Å². The van der Waals surface area contributed by atoms with Crippen molar-refractivity contribution in [3.05, 3.63) is 30.3 Å². The molecule has 2 amide bonds. The number of carbonyl (C=O) groups is 2. The predicted molar refractivity (Wildman–Crippen MR) is 84.1 cm³/mol. The Balaban J connectivity index is 2.10. The fourth-order valence-corrected chi connectivity index (χ4v) is 2.91. The van der Waals surface area contributed by atoms with Crippen molar-refractivity contribution in [2.75, 3.05) is 18.0 Å². The van der Waals surface area contributed by atoms with E-state index in [-0.39, 0.29) is 17.9 Å². The molecule has 0 bridgehead atoms. The highest BCUT2D eigenvalue weighted by Gasteiger charge is 2.29. The number of rotatable bonds is 4. The predicted octanol–water partition coefficient (Wildman–Crippen LogP) is 2.83. The second-order valence-corrected chi connectivity index (χ2v) is 5.42. The Hall–Kier alpha value is -1.84. The van der Waals surface area contributed by atoms with Crippen LogP contribution in [0.3, 0.4) is 0 Å². The first-order valence-electron chi connectivity index (χ1n) is 7.82. The fraction of sp³-hybridized carbons (Fsp3) is 0.529. The summed E-state index contributed by atoms with van der Waals surface area (Å²) in [7, 11) is 0. The minimum Gasteiger partial charge on any atom is -0.343 e. The zero-order chi connectivity index (χ0) is 15.2. The number of benzene rings is 1. The third-order valence-electron chi connectivity index (χ3n) is 4.09. The van der Waals surface area contributed by atoms with Crippen LogP contribution in [0.5, 0.6) is 0 Å². The second-order valence-electron chi connectivity index (χ2n) is 5.42.